The number of ether oxygens (including phenoxy) is 1. The Hall–Kier alpha value is -4.56. The monoisotopic (exact) mass is 623 g/mol. The lowest BCUT2D eigenvalue weighted by molar-refractivity contribution is -0.151. The Morgan fingerprint density at radius 1 is 1.11 bits per heavy atom. The second-order valence-corrected chi connectivity index (χ2v) is 11.8. The van der Waals surface area contributed by atoms with Gasteiger partial charge in [-0.15, -0.1) is 0 Å². The lowest BCUT2D eigenvalue weighted by Crippen LogP contribution is -2.48. The van der Waals surface area contributed by atoms with Crippen molar-refractivity contribution in [3.63, 3.8) is 0 Å². The van der Waals surface area contributed by atoms with Gasteiger partial charge in [-0.25, -0.2) is 15.0 Å². The molecule has 1 aliphatic heterocycles. The van der Waals surface area contributed by atoms with Crippen LogP contribution in [0.1, 0.15) is 60.5 Å². The number of aromatic nitrogens is 4. The van der Waals surface area contributed by atoms with Crippen molar-refractivity contribution < 1.29 is 32.6 Å². The molecule has 4 aromatic rings. The molecule has 1 unspecified atom stereocenters. The van der Waals surface area contributed by atoms with Gasteiger partial charge in [-0.1, -0.05) is 12.1 Å². The number of aliphatic carboxylic acids is 1. The van der Waals surface area contributed by atoms with Crippen LogP contribution in [0.2, 0.25) is 0 Å². The molecule has 0 bridgehead atoms. The highest BCUT2D eigenvalue weighted by atomic mass is 19.4. The summed E-state index contributed by atoms with van der Waals surface area (Å²) in [5.74, 6) is -0.677. The van der Waals surface area contributed by atoms with Crippen LogP contribution in [0, 0.1) is 5.41 Å². The highest BCUT2D eigenvalue weighted by Crippen LogP contribution is 2.39. The van der Waals surface area contributed by atoms with Gasteiger partial charge in [0.1, 0.15) is 34.8 Å². The summed E-state index contributed by atoms with van der Waals surface area (Å²) in [7, 11) is 0. The number of carboxylic acids is 1. The van der Waals surface area contributed by atoms with E-state index in [1.165, 1.54) is 0 Å². The summed E-state index contributed by atoms with van der Waals surface area (Å²) in [6, 6.07) is 8.31. The van der Waals surface area contributed by atoms with Crippen molar-refractivity contribution in [1.82, 2.24) is 24.3 Å². The van der Waals surface area contributed by atoms with Crippen molar-refractivity contribution in [1.29, 1.82) is 0 Å². The number of morpholine rings is 1. The minimum absolute atomic E-state index is 0.213. The standard InChI is InChI=1S/C31H32F3N7O4/c1-30(29(43)44)9-6-21(7-10-30)40-14-15-45-22(17-40)27-39-24(25-26(35)37-12-13-41(25)27)18-2-4-19(5-3-18)28(42)38-23-16-20(8-11-36-23)31(32,33)34/h2-5,8,11-13,16,21-22H,6-7,9-10,14-15,17H2,1H3,(H2,35,37)(H,43,44)(H,36,38,42). The maximum atomic E-state index is 13.1. The molecule has 4 N–H and O–H groups in total. The van der Waals surface area contributed by atoms with E-state index in [0.717, 1.165) is 37.7 Å². The predicted octanol–water partition coefficient (Wildman–Crippen LogP) is 5.05. The van der Waals surface area contributed by atoms with Gasteiger partial charge in [0.05, 0.1) is 17.6 Å². The number of pyridine rings is 1. The Kier molecular flexibility index (Phi) is 7.95. The molecular formula is C31H32F3N7O4. The molecule has 4 heterocycles. The van der Waals surface area contributed by atoms with Crippen molar-refractivity contribution in [2.75, 3.05) is 30.7 Å². The number of imidazole rings is 1. The summed E-state index contributed by atoms with van der Waals surface area (Å²) >= 11 is 0. The molecule has 2 aliphatic rings. The van der Waals surface area contributed by atoms with Crippen LogP contribution in [-0.4, -0.2) is 67.0 Å². The minimum atomic E-state index is -4.56. The van der Waals surface area contributed by atoms with Crippen molar-refractivity contribution in [3.8, 4) is 11.3 Å². The first-order valence-electron chi connectivity index (χ1n) is 14.6. The van der Waals surface area contributed by atoms with Crippen LogP contribution in [0.5, 0.6) is 0 Å². The largest absolute Gasteiger partial charge is 0.481 e. The summed E-state index contributed by atoms with van der Waals surface area (Å²) in [5, 5.41) is 12.0. The third-order valence-electron chi connectivity index (χ3n) is 8.84. The van der Waals surface area contributed by atoms with E-state index in [2.05, 4.69) is 20.2 Å². The van der Waals surface area contributed by atoms with Gasteiger partial charge in [0.15, 0.2) is 0 Å². The van der Waals surface area contributed by atoms with Gasteiger partial charge < -0.3 is 20.9 Å². The number of benzene rings is 1. The van der Waals surface area contributed by atoms with Gasteiger partial charge in [-0.3, -0.25) is 18.9 Å². The molecule has 6 rings (SSSR count). The number of halogens is 3. The van der Waals surface area contributed by atoms with Gasteiger partial charge in [0.25, 0.3) is 5.91 Å². The number of nitrogens with zero attached hydrogens (tertiary/aromatic N) is 5. The SMILES string of the molecule is CC1(C(=O)O)CCC(N2CCOC(c3nc(-c4ccc(C(=O)Nc5cc(C(F)(F)F)ccn5)cc4)c4c(N)nccn34)C2)CC1. The number of amides is 1. The first kappa shape index (κ1) is 30.5. The summed E-state index contributed by atoms with van der Waals surface area (Å²) < 4.78 is 47.2. The normalized spacial score (nSPS) is 22.8. The zero-order chi connectivity index (χ0) is 31.9. The van der Waals surface area contributed by atoms with Crippen LogP contribution in [0.4, 0.5) is 24.8 Å². The summed E-state index contributed by atoms with van der Waals surface area (Å²) in [4.78, 5) is 39.9. The number of anilines is 2. The highest BCUT2D eigenvalue weighted by molar-refractivity contribution is 6.04. The van der Waals surface area contributed by atoms with Crippen LogP contribution in [0.25, 0.3) is 16.8 Å². The number of fused-ring (bicyclic) bond motifs is 1. The minimum Gasteiger partial charge on any atom is -0.481 e. The van der Waals surface area contributed by atoms with Gasteiger partial charge in [-0.05, 0) is 56.9 Å². The van der Waals surface area contributed by atoms with Crippen LogP contribution < -0.4 is 11.1 Å². The quantitative estimate of drug-likeness (QED) is 0.268. The Labute approximate surface area is 256 Å². The number of rotatable bonds is 6. The second kappa shape index (κ2) is 11.7. The first-order chi connectivity index (χ1) is 21.4. The van der Waals surface area contributed by atoms with Crippen LogP contribution in [-0.2, 0) is 15.7 Å². The molecule has 0 spiro atoms. The third kappa shape index (κ3) is 6.07. The molecule has 2 fully saturated rings. The van der Waals surface area contributed by atoms with Gasteiger partial charge in [-0.2, -0.15) is 13.2 Å². The van der Waals surface area contributed by atoms with Crippen molar-refractivity contribution in [2.45, 2.75) is 50.9 Å². The number of nitrogens with two attached hydrogens (primary N) is 1. The molecule has 0 radical (unpaired) electrons. The maximum Gasteiger partial charge on any atom is 0.416 e. The molecule has 1 aromatic carbocycles. The van der Waals surface area contributed by atoms with Crippen molar-refractivity contribution >= 4 is 29.0 Å². The Balaban J connectivity index is 1.22. The number of hydrogen-bond donors (Lipinski definition) is 3. The Morgan fingerprint density at radius 2 is 1.84 bits per heavy atom. The first-order valence-corrected chi connectivity index (χ1v) is 14.6. The molecular weight excluding hydrogens is 591 g/mol. The fraction of sp³-hybridized carbons (Fsp3) is 0.387. The lowest BCUT2D eigenvalue weighted by atomic mass is 9.73. The number of carbonyl (C=O) groups is 2. The molecule has 3 aromatic heterocycles. The van der Waals surface area contributed by atoms with Crippen LogP contribution >= 0.6 is 0 Å². The smallest absolute Gasteiger partial charge is 0.416 e. The fourth-order valence-corrected chi connectivity index (χ4v) is 6.13. The number of alkyl halides is 3. The van der Waals surface area contributed by atoms with Crippen molar-refractivity contribution in [2.24, 2.45) is 5.41 Å². The van der Waals surface area contributed by atoms with E-state index in [1.54, 1.807) is 36.7 Å². The molecule has 236 valence electrons. The number of carbonyl (C=O) groups excluding carboxylic acids is 1. The highest BCUT2D eigenvalue weighted by Gasteiger charge is 2.40. The summed E-state index contributed by atoms with van der Waals surface area (Å²) in [5.41, 5.74) is 6.70. The predicted molar refractivity (Wildman–Crippen MR) is 158 cm³/mol. The average Bonchev–Trinajstić information content (AvgIpc) is 3.42. The molecule has 1 atom stereocenters. The Bertz CT molecular complexity index is 1730. The van der Waals surface area contributed by atoms with E-state index in [1.807, 2.05) is 11.3 Å². The van der Waals surface area contributed by atoms with E-state index in [0.29, 0.717) is 48.6 Å². The third-order valence-corrected chi connectivity index (χ3v) is 8.84. The molecule has 1 amide bonds. The number of carboxylic acid groups (broad SMARTS) is 1. The van der Waals surface area contributed by atoms with Crippen LogP contribution in [0.15, 0.2) is 55.0 Å². The van der Waals surface area contributed by atoms with Crippen LogP contribution in [0.3, 0.4) is 0 Å². The van der Waals surface area contributed by atoms with E-state index in [-0.39, 0.29) is 29.3 Å². The fourth-order valence-electron chi connectivity index (χ4n) is 6.13. The number of nitrogens with one attached hydrogen (secondary N) is 1. The van der Waals surface area contributed by atoms with E-state index < -0.39 is 29.0 Å². The van der Waals surface area contributed by atoms with Crippen molar-refractivity contribution in [3.05, 3.63) is 71.9 Å². The van der Waals surface area contributed by atoms with Gasteiger partial charge >= 0.3 is 12.1 Å². The van der Waals surface area contributed by atoms with E-state index >= 15 is 0 Å². The number of hydrogen-bond acceptors (Lipinski definition) is 8. The molecule has 11 nitrogen and oxygen atoms in total. The molecule has 1 saturated heterocycles. The molecule has 1 saturated carbocycles. The lowest BCUT2D eigenvalue weighted by Gasteiger charge is -2.42. The molecule has 14 heteroatoms. The van der Waals surface area contributed by atoms with Gasteiger partial charge in [0, 0.05) is 48.8 Å². The second-order valence-electron chi connectivity index (χ2n) is 11.8. The zero-order valence-corrected chi connectivity index (χ0v) is 24.4. The topological polar surface area (TPSA) is 148 Å². The average molecular weight is 624 g/mol. The maximum absolute atomic E-state index is 13.1. The molecule has 45 heavy (non-hydrogen) atoms. The van der Waals surface area contributed by atoms with E-state index in [4.69, 9.17) is 15.5 Å². The molecule has 1 aliphatic carbocycles. The van der Waals surface area contributed by atoms with Gasteiger partial charge in [0.2, 0.25) is 0 Å². The summed E-state index contributed by atoms with van der Waals surface area (Å²) in [6.07, 6.45) is 2.24. The Morgan fingerprint density at radius 3 is 2.53 bits per heavy atom. The van der Waals surface area contributed by atoms with E-state index in [9.17, 15) is 27.9 Å². The zero-order valence-electron chi connectivity index (χ0n) is 24.4. The summed E-state index contributed by atoms with van der Waals surface area (Å²) in [6.45, 7) is 3.63. The number of nitrogen functional groups attached to an aromatic ring is 1.